The second-order valence-electron chi connectivity index (χ2n) is 4.46. The standard InChI is InChI=1S/C12H23N3O/c1-4-6-11(13)12(16)15-8-7-14(3)10(5-2)9-15/h4,10-11H,1,5-9,13H2,2-3H3. The molecule has 0 radical (unpaired) electrons. The fourth-order valence-corrected chi connectivity index (χ4v) is 2.10. The van der Waals surface area contributed by atoms with Gasteiger partial charge in [-0.25, -0.2) is 0 Å². The molecule has 0 saturated carbocycles. The average molecular weight is 225 g/mol. The van der Waals surface area contributed by atoms with E-state index in [1.54, 1.807) is 6.08 Å². The third-order valence-electron chi connectivity index (χ3n) is 3.30. The Bertz CT molecular complexity index is 255. The van der Waals surface area contributed by atoms with E-state index >= 15 is 0 Å². The molecule has 2 unspecified atom stereocenters. The molecule has 1 heterocycles. The number of rotatable bonds is 4. The van der Waals surface area contributed by atoms with Crippen LogP contribution in [0.1, 0.15) is 19.8 Å². The van der Waals surface area contributed by atoms with Gasteiger partial charge in [-0.05, 0) is 19.9 Å². The van der Waals surface area contributed by atoms with Crippen molar-refractivity contribution in [1.82, 2.24) is 9.80 Å². The summed E-state index contributed by atoms with van der Waals surface area (Å²) in [5.41, 5.74) is 5.80. The van der Waals surface area contributed by atoms with E-state index in [-0.39, 0.29) is 5.91 Å². The molecule has 1 rings (SSSR count). The Morgan fingerprint density at radius 2 is 2.31 bits per heavy atom. The maximum atomic E-state index is 12.0. The number of nitrogens with two attached hydrogens (primary N) is 1. The molecule has 1 aliphatic rings. The molecular weight excluding hydrogens is 202 g/mol. The van der Waals surface area contributed by atoms with Crippen LogP contribution in [0, 0.1) is 0 Å². The van der Waals surface area contributed by atoms with Crippen molar-refractivity contribution in [3.63, 3.8) is 0 Å². The molecule has 0 aliphatic carbocycles. The smallest absolute Gasteiger partial charge is 0.239 e. The van der Waals surface area contributed by atoms with Crippen LogP contribution in [-0.2, 0) is 4.79 Å². The second-order valence-corrected chi connectivity index (χ2v) is 4.46. The van der Waals surface area contributed by atoms with Gasteiger partial charge in [0.05, 0.1) is 6.04 Å². The van der Waals surface area contributed by atoms with Crippen molar-refractivity contribution in [3.05, 3.63) is 12.7 Å². The molecule has 2 N–H and O–H groups in total. The minimum Gasteiger partial charge on any atom is -0.338 e. The Kier molecular flexibility index (Phi) is 4.96. The highest BCUT2D eigenvalue weighted by Gasteiger charge is 2.28. The maximum absolute atomic E-state index is 12.0. The molecule has 1 aliphatic heterocycles. The lowest BCUT2D eigenvalue weighted by Crippen LogP contribution is -2.56. The number of amides is 1. The summed E-state index contributed by atoms with van der Waals surface area (Å²) >= 11 is 0. The minimum atomic E-state index is -0.418. The molecule has 1 amide bonds. The number of hydrogen-bond acceptors (Lipinski definition) is 3. The van der Waals surface area contributed by atoms with Gasteiger partial charge in [0.15, 0.2) is 0 Å². The van der Waals surface area contributed by atoms with E-state index in [0.717, 1.165) is 26.1 Å². The molecule has 0 aromatic rings. The van der Waals surface area contributed by atoms with Gasteiger partial charge in [0.1, 0.15) is 0 Å². The Balaban J connectivity index is 2.54. The van der Waals surface area contributed by atoms with E-state index in [9.17, 15) is 4.79 Å². The van der Waals surface area contributed by atoms with Gasteiger partial charge in [0.25, 0.3) is 0 Å². The van der Waals surface area contributed by atoms with Crippen LogP contribution in [0.3, 0.4) is 0 Å². The van der Waals surface area contributed by atoms with Crippen LogP contribution >= 0.6 is 0 Å². The van der Waals surface area contributed by atoms with Gasteiger partial charge >= 0.3 is 0 Å². The van der Waals surface area contributed by atoms with Crippen molar-refractivity contribution in [3.8, 4) is 0 Å². The second kappa shape index (κ2) is 6.01. The minimum absolute atomic E-state index is 0.0615. The van der Waals surface area contributed by atoms with Gasteiger partial charge in [-0.1, -0.05) is 13.0 Å². The van der Waals surface area contributed by atoms with Crippen LogP contribution in [0.5, 0.6) is 0 Å². The molecule has 1 saturated heterocycles. The Morgan fingerprint density at radius 1 is 1.62 bits per heavy atom. The first-order chi connectivity index (χ1) is 7.60. The van der Waals surface area contributed by atoms with Gasteiger partial charge in [-0.2, -0.15) is 0 Å². The van der Waals surface area contributed by atoms with Crippen molar-refractivity contribution in [2.45, 2.75) is 31.8 Å². The summed E-state index contributed by atoms with van der Waals surface area (Å²) in [6.45, 7) is 8.29. The molecule has 0 aromatic carbocycles. The summed E-state index contributed by atoms with van der Waals surface area (Å²) in [6.07, 6.45) is 3.33. The lowest BCUT2D eigenvalue weighted by Gasteiger charge is -2.39. The first kappa shape index (κ1) is 13.2. The van der Waals surface area contributed by atoms with E-state index in [0.29, 0.717) is 12.5 Å². The highest BCUT2D eigenvalue weighted by molar-refractivity contribution is 5.82. The summed E-state index contributed by atoms with van der Waals surface area (Å²) < 4.78 is 0. The highest BCUT2D eigenvalue weighted by atomic mass is 16.2. The van der Waals surface area contributed by atoms with Crippen LogP contribution in [0.2, 0.25) is 0 Å². The zero-order valence-corrected chi connectivity index (χ0v) is 10.4. The summed E-state index contributed by atoms with van der Waals surface area (Å²) in [6, 6.07) is 0.0482. The predicted octanol–water partition coefficient (Wildman–Crippen LogP) is 0.442. The first-order valence-corrected chi connectivity index (χ1v) is 5.95. The van der Waals surface area contributed by atoms with Gasteiger partial charge < -0.3 is 10.6 Å². The molecule has 2 atom stereocenters. The van der Waals surface area contributed by atoms with Crippen molar-refractivity contribution in [2.75, 3.05) is 26.7 Å². The normalized spacial score (nSPS) is 24.2. The fraction of sp³-hybridized carbons (Fsp3) is 0.750. The lowest BCUT2D eigenvalue weighted by atomic mass is 10.1. The van der Waals surface area contributed by atoms with E-state index in [2.05, 4.69) is 25.5 Å². The Hall–Kier alpha value is -0.870. The molecule has 0 spiro atoms. The average Bonchev–Trinajstić information content (AvgIpc) is 2.29. The quantitative estimate of drug-likeness (QED) is 0.706. The zero-order chi connectivity index (χ0) is 12.1. The number of nitrogens with zero attached hydrogens (tertiary/aromatic N) is 2. The predicted molar refractivity (Wildman–Crippen MR) is 66.1 cm³/mol. The van der Waals surface area contributed by atoms with E-state index in [4.69, 9.17) is 5.73 Å². The van der Waals surface area contributed by atoms with Crippen molar-refractivity contribution in [2.24, 2.45) is 5.73 Å². The molecule has 0 aromatic heterocycles. The number of hydrogen-bond donors (Lipinski definition) is 1. The first-order valence-electron chi connectivity index (χ1n) is 5.95. The molecule has 16 heavy (non-hydrogen) atoms. The Morgan fingerprint density at radius 3 is 2.88 bits per heavy atom. The number of carbonyl (C=O) groups excluding carboxylic acids is 1. The van der Waals surface area contributed by atoms with Gasteiger partial charge in [-0.15, -0.1) is 6.58 Å². The van der Waals surface area contributed by atoms with Crippen molar-refractivity contribution >= 4 is 5.91 Å². The largest absolute Gasteiger partial charge is 0.338 e. The monoisotopic (exact) mass is 225 g/mol. The van der Waals surface area contributed by atoms with Gasteiger partial charge in [-0.3, -0.25) is 9.69 Å². The molecule has 4 heteroatoms. The highest BCUT2D eigenvalue weighted by Crippen LogP contribution is 2.12. The molecule has 92 valence electrons. The fourth-order valence-electron chi connectivity index (χ4n) is 2.10. The van der Waals surface area contributed by atoms with Crippen LogP contribution in [0.4, 0.5) is 0 Å². The summed E-state index contributed by atoms with van der Waals surface area (Å²) in [5.74, 6) is 0.0615. The van der Waals surface area contributed by atoms with Crippen LogP contribution in [0.25, 0.3) is 0 Å². The van der Waals surface area contributed by atoms with Crippen LogP contribution in [-0.4, -0.2) is 54.5 Å². The zero-order valence-electron chi connectivity index (χ0n) is 10.4. The topological polar surface area (TPSA) is 49.6 Å². The molecule has 4 nitrogen and oxygen atoms in total. The third kappa shape index (κ3) is 3.06. The Labute approximate surface area is 98.1 Å². The molecule has 1 fully saturated rings. The van der Waals surface area contributed by atoms with Gasteiger partial charge in [0.2, 0.25) is 5.91 Å². The van der Waals surface area contributed by atoms with E-state index in [1.807, 2.05) is 4.90 Å². The van der Waals surface area contributed by atoms with Crippen molar-refractivity contribution in [1.29, 1.82) is 0 Å². The maximum Gasteiger partial charge on any atom is 0.239 e. The molecule has 0 bridgehead atoms. The van der Waals surface area contributed by atoms with E-state index < -0.39 is 6.04 Å². The van der Waals surface area contributed by atoms with Crippen molar-refractivity contribution < 1.29 is 4.79 Å². The SMILES string of the molecule is C=CCC(N)C(=O)N1CCN(C)C(CC)C1. The van der Waals surface area contributed by atoms with Crippen LogP contribution in [0.15, 0.2) is 12.7 Å². The van der Waals surface area contributed by atoms with Gasteiger partial charge in [0, 0.05) is 25.7 Å². The molecular formula is C12H23N3O. The lowest BCUT2D eigenvalue weighted by molar-refractivity contribution is -0.135. The number of carbonyl (C=O) groups is 1. The third-order valence-corrected chi connectivity index (χ3v) is 3.30. The van der Waals surface area contributed by atoms with Crippen LogP contribution < -0.4 is 5.73 Å². The summed E-state index contributed by atoms with van der Waals surface area (Å²) in [5, 5.41) is 0. The number of piperazine rings is 1. The number of likely N-dealkylation sites (N-methyl/N-ethyl adjacent to an activating group) is 1. The summed E-state index contributed by atoms with van der Waals surface area (Å²) in [4.78, 5) is 16.2. The van der Waals surface area contributed by atoms with E-state index in [1.165, 1.54) is 0 Å². The summed E-state index contributed by atoms with van der Waals surface area (Å²) in [7, 11) is 2.11.